The van der Waals surface area contributed by atoms with Crippen LogP contribution >= 0.6 is 11.6 Å². The van der Waals surface area contributed by atoms with Crippen molar-refractivity contribution in [3.05, 3.63) is 125 Å². The Morgan fingerprint density at radius 2 is 1.53 bits per heavy atom. The third kappa shape index (κ3) is 4.42. The first kappa shape index (κ1) is 23.6. The Labute approximate surface area is 223 Å². The highest BCUT2D eigenvalue weighted by molar-refractivity contribution is 6.30. The van der Waals surface area contributed by atoms with Crippen LogP contribution in [0.2, 0.25) is 5.02 Å². The number of halogens is 1. The molecule has 2 heterocycles. The molecular weight excluding hydrogens is 496 g/mol. The van der Waals surface area contributed by atoms with Crippen LogP contribution in [0.4, 0.5) is 5.69 Å². The molecule has 0 aliphatic carbocycles. The van der Waals surface area contributed by atoms with Crippen LogP contribution in [0.5, 0.6) is 5.88 Å². The lowest BCUT2D eigenvalue weighted by atomic mass is 10.0. The van der Waals surface area contributed by atoms with Gasteiger partial charge in [0.2, 0.25) is 5.88 Å². The van der Waals surface area contributed by atoms with Gasteiger partial charge in [-0.2, -0.15) is 0 Å². The zero-order valence-electron chi connectivity index (χ0n) is 20.1. The number of fused-ring (bicyclic) bond motifs is 2. The first-order valence-electron chi connectivity index (χ1n) is 12.0. The summed E-state index contributed by atoms with van der Waals surface area (Å²) < 4.78 is 1.77. The fourth-order valence-electron chi connectivity index (χ4n) is 4.57. The topological polar surface area (TPSA) is 79.8 Å². The number of aromatic hydroxyl groups is 1. The molecule has 0 radical (unpaired) electrons. The third-order valence-electron chi connectivity index (χ3n) is 6.43. The third-order valence-corrected chi connectivity index (χ3v) is 6.68. The number of azo groups is 1. The molecule has 1 N–H and O–H groups in total. The summed E-state index contributed by atoms with van der Waals surface area (Å²) in [5.74, 6) is -0.578. The number of pyridine rings is 1. The van der Waals surface area contributed by atoms with Crippen molar-refractivity contribution >= 4 is 45.0 Å². The molecule has 184 valence electrons. The summed E-state index contributed by atoms with van der Waals surface area (Å²) >= 11 is 6.05. The van der Waals surface area contributed by atoms with Gasteiger partial charge in [-0.15, -0.1) is 10.2 Å². The van der Waals surface area contributed by atoms with Gasteiger partial charge >= 0.3 is 0 Å². The van der Waals surface area contributed by atoms with Crippen molar-refractivity contribution in [2.45, 2.75) is 6.54 Å². The van der Waals surface area contributed by atoms with Crippen LogP contribution in [0.1, 0.15) is 15.9 Å². The molecule has 6 nitrogen and oxygen atoms in total. The number of nitrogens with zero attached hydrogens (tertiary/aromatic N) is 4. The Hall–Kier alpha value is -4.81. The van der Waals surface area contributed by atoms with Crippen molar-refractivity contribution in [3.63, 3.8) is 0 Å². The zero-order valence-corrected chi connectivity index (χ0v) is 20.9. The Morgan fingerprint density at radius 3 is 2.32 bits per heavy atom. The molecule has 0 unspecified atom stereocenters. The van der Waals surface area contributed by atoms with Crippen LogP contribution in [0.25, 0.3) is 33.1 Å². The Morgan fingerprint density at radius 1 is 0.842 bits per heavy atom. The molecular formula is C31H21ClN4O2. The molecule has 0 atom stereocenters. The van der Waals surface area contributed by atoms with E-state index in [0.29, 0.717) is 39.1 Å². The standard InChI is InChI=1S/C31H21ClN4O2/c32-22-16-14-21(15-17-22)27-18-25(23-10-4-6-12-26(23)33-27)30(37)35-34-29-24-11-5-7-13-28(24)36(31(29)38)19-20-8-2-1-3-9-20/h1-18,38H,19H2. The average Bonchev–Trinajstić information content (AvgIpc) is 3.22. The van der Waals surface area contributed by atoms with Crippen molar-refractivity contribution in [1.82, 2.24) is 9.55 Å². The van der Waals surface area contributed by atoms with Gasteiger partial charge in [-0.05, 0) is 35.9 Å². The van der Waals surface area contributed by atoms with E-state index < -0.39 is 5.91 Å². The lowest BCUT2D eigenvalue weighted by Gasteiger charge is -2.07. The lowest BCUT2D eigenvalue weighted by Crippen LogP contribution is -1.99. The number of para-hydroxylation sites is 2. The first-order chi connectivity index (χ1) is 18.6. The minimum Gasteiger partial charge on any atom is -0.493 e. The quantitative estimate of drug-likeness (QED) is 0.234. The minimum atomic E-state index is -0.530. The molecule has 0 aliphatic rings. The fourth-order valence-corrected chi connectivity index (χ4v) is 4.69. The average molecular weight is 517 g/mol. The van der Waals surface area contributed by atoms with Gasteiger partial charge in [0.25, 0.3) is 5.91 Å². The van der Waals surface area contributed by atoms with Gasteiger partial charge in [-0.1, -0.05) is 90.5 Å². The van der Waals surface area contributed by atoms with Crippen LogP contribution in [0.3, 0.4) is 0 Å². The van der Waals surface area contributed by atoms with Crippen molar-refractivity contribution < 1.29 is 9.90 Å². The maximum Gasteiger partial charge on any atom is 0.296 e. The van der Waals surface area contributed by atoms with E-state index >= 15 is 0 Å². The van der Waals surface area contributed by atoms with E-state index in [4.69, 9.17) is 16.6 Å². The van der Waals surface area contributed by atoms with Crippen LogP contribution in [-0.4, -0.2) is 20.6 Å². The van der Waals surface area contributed by atoms with E-state index in [1.807, 2.05) is 91.0 Å². The van der Waals surface area contributed by atoms with Gasteiger partial charge in [0.05, 0.1) is 28.8 Å². The van der Waals surface area contributed by atoms with Gasteiger partial charge in [0.1, 0.15) is 0 Å². The molecule has 0 saturated carbocycles. The van der Waals surface area contributed by atoms with Crippen LogP contribution in [0, 0.1) is 0 Å². The number of amides is 1. The van der Waals surface area contributed by atoms with Gasteiger partial charge in [0.15, 0.2) is 5.69 Å². The lowest BCUT2D eigenvalue weighted by molar-refractivity contribution is 0.0996. The fraction of sp³-hybridized carbons (Fsp3) is 0.0323. The number of hydrogen-bond acceptors (Lipinski definition) is 4. The molecule has 4 aromatic carbocycles. The van der Waals surface area contributed by atoms with Crippen LogP contribution < -0.4 is 0 Å². The highest BCUT2D eigenvalue weighted by Gasteiger charge is 2.18. The number of carbonyl (C=O) groups excluding carboxylic acids is 1. The summed E-state index contributed by atoms with van der Waals surface area (Å²) in [6.45, 7) is 0.454. The molecule has 6 rings (SSSR count). The summed E-state index contributed by atoms with van der Waals surface area (Å²) in [6.07, 6.45) is 0. The Balaban J connectivity index is 1.41. The van der Waals surface area contributed by atoms with E-state index in [-0.39, 0.29) is 11.6 Å². The van der Waals surface area contributed by atoms with Gasteiger partial charge in [-0.25, -0.2) is 4.98 Å². The molecule has 6 aromatic rings. The Kier molecular flexibility index (Phi) is 6.15. The highest BCUT2D eigenvalue weighted by atomic mass is 35.5. The predicted octanol–water partition coefficient (Wildman–Crippen LogP) is 8.19. The van der Waals surface area contributed by atoms with Crippen molar-refractivity contribution in [2.75, 3.05) is 0 Å². The number of benzene rings is 4. The summed E-state index contributed by atoms with van der Waals surface area (Å²) in [5.41, 5.74) is 4.57. The van der Waals surface area contributed by atoms with E-state index in [2.05, 4.69) is 10.2 Å². The molecule has 7 heteroatoms. The smallest absolute Gasteiger partial charge is 0.296 e. The summed E-state index contributed by atoms with van der Waals surface area (Å²) in [5, 5.41) is 21.4. The number of rotatable bonds is 5. The maximum absolute atomic E-state index is 13.4. The van der Waals surface area contributed by atoms with Gasteiger partial charge in [0, 0.05) is 21.4 Å². The normalized spacial score (nSPS) is 11.5. The molecule has 38 heavy (non-hydrogen) atoms. The molecule has 0 fully saturated rings. The first-order valence-corrected chi connectivity index (χ1v) is 12.4. The monoisotopic (exact) mass is 516 g/mol. The number of carbonyl (C=O) groups is 1. The number of aromatic nitrogens is 2. The minimum absolute atomic E-state index is 0.0481. The van der Waals surface area contributed by atoms with E-state index in [0.717, 1.165) is 16.6 Å². The molecule has 1 amide bonds. The summed E-state index contributed by atoms with van der Waals surface area (Å²) in [6, 6.07) is 33.8. The molecule has 0 spiro atoms. The van der Waals surface area contributed by atoms with Crippen molar-refractivity contribution in [1.29, 1.82) is 0 Å². The van der Waals surface area contributed by atoms with Crippen molar-refractivity contribution in [2.24, 2.45) is 10.2 Å². The molecule has 0 saturated heterocycles. The van der Waals surface area contributed by atoms with Crippen molar-refractivity contribution in [3.8, 4) is 17.1 Å². The zero-order chi connectivity index (χ0) is 26.1. The second-order valence-corrected chi connectivity index (χ2v) is 9.28. The molecule has 0 aliphatic heterocycles. The Bertz CT molecular complexity index is 1830. The van der Waals surface area contributed by atoms with E-state index in [1.165, 1.54) is 0 Å². The summed E-state index contributed by atoms with van der Waals surface area (Å²) in [7, 11) is 0. The molecule has 0 bridgehead atoms. The largest absolute Gasteiger partial charge is 0.493 e. The predicted molar refractivity (Wildman–Crippen MR) is 150 cm³/mol. The SMILES string of the molecule is O=C(N=Nc1c(O)n(Cc2ccccc2)c2ccccc12)c1cc(-c2ccc(Cl)cc2)nc2ccccc12. The van der Waals surface area contributed by atoms with E-state index in [9.17, 15) is 9.90 Å². The number of hydrogen-bond donors (Lipinski definition) is 1. The van der Waals surface area contributed by atoms with Crippen LogP contribution in [0.15, 0.2) is 119 Å². The second kappa shape index (κ2) is 9.92. The van der Waals surface area contributed by atoms with Gasteiger partial charge in [-0.3, -0.25) is 4.79 Å². The summed E-state index contributed by atoms with van der Waals surface area (Å²) in [4.78, 5) is 18.1. The van der Waals surface area contributed by atoms with E-state index in [1.54, 1.807) is 22.8 Å². The highest BCUT2D eigenvalue weighted by Crippen LogP contribution is 2.39. The molecule has 2 aromatic heterocycles. The maximum atomic E-state index is 13.4. The van der Waals surface area contributed by atoms with Gasteiger partial charge < -0.3 is 9.67 Å². The second-order valence-electron chi connectivity index (χ2n) is 8.85. The van der Waals surface area contributed by atoms with Crippen LogP contribution in [-0.2, 0) is 6.54 Å².